The molecular formula is C21H27F3N2O2Si. The second-order valence-electron chi connectivity index (χ2n) is 8.09. The highest BCUT2D eigenvalue weighted by molar-refractivity contribution is 6.70. The molecule has 1 atom stereocenters. The Hall–Kier alpha value is -2.03. The minimum atomic E-state index is -4.69. The lowest BCUT2D eigenvalue weighted by Gasteiger charge is -2.35. The molecule has 1 heterocycles. The Morgan fingerprint density at radius 2 is 1.34 bits per heavy atom. The van der Waals surface area contributed by atoms with E-state index < -0.39 is 14.7 Å². The van der Waals surface area contributed by atoms with E-state index in [1.165, 1.54) is 12.1 Å². The number of rotatable bonds is 6. The third-order valence-electron chi connectivity index (χ3n) is 4.57. The summed E-state index contributed by atoms with van der Waals surface area (Å²) in [5.41, 5.74) is 2.01. The van der Waals surface area contributed by atoms with E-state index in [9.17, 15) is 13.2 Å². The van der Waals surface area contributed by atoms with Crippen LogP contribution < -0.4 is 14.5 Å². The van der Waals surface area contributed by atoms with Crippen molar-refractivity contribution in [2.45, 2.75) is 32.0 Å². The Kier molecular flexibility index (Phi) is 6.55. The predicted octanol–water partition coefficient (Wildman–Crippen LogP) is 4.79. The second-order valence-corrected chi connectivity index (χ2v) is 12.5. The summed E-state index contributed by atoms with van der Waals surface area (Å²) in [5, 5.41) is 3.34. The molecule has 0 aliphatic carbocycles. The molecule has 0 spiro atoms. The zero-order chi connectivity index (χ0) is 21.1. The highest BCUT2D eigenvalue weighted by Gasteiger charge is 2.31. The third kappa shape index (κ3) is 6.48. The van der Waals surface area contributed by atoms with E-state index in [1.54, 1.807) is 12.1 Å². The van der Waals surface area contributed by atoms with Crippen molar-refractivity contribution in [2.75, 3.05) is 26.2 Å². The molecule has 1 saturated heterocycles. The van der Waals surface area contributed by atoms with E-state index in [2.05, 4.69) is 34.6 Å². The van der Waals surface area contributed by atoms with Gasteiger partial charge in [-0.15, -0.1) is 13.2 Å². The van der Waals surface area contributed by atoms with Gasteiger partial charge in [0.1, 0.15) is 11.5 Å². The molecule has 0 unspecified atom stereocenters. The van der Waals surface area contributed by atoms with Crippen molar-refractivity contribution < 1.29 is 22.3 Å². The lowest BCUT2D eigenvalue weighted by molar-refractivity contribution is -0.274. The minimum Gasteiger partial charge on any atom is -0.544 e. The number of ether oxygens (including phenoxy) is 1. The van der Waals surface area contributed by atoms with Crippen molar-refractivity contribution in [3.05, 3.63) is 59.7 Å². The Morgan fingerprint density at radius 3 is 1.79 bits per heavy atom. The first kappa shape index (κ1) is 21.7. The minimum absolute atomic E-state index is 0.0435. The zero-order valence-electron chi connectivity index (χ0n) is 16.9. The van der Waals surface area contributed by atoms with E-state index in [0.29, 0.717) is 0 Å². The lowest BCUT2D eigenvalue weighted by Crippen LogP contribution is -2.45. The molecule has 2 aromatic carbocycles. The van der Waals surface area contributed by atoms with Crippen molar-refractivity contribution in [3.63, 3.8) is 0 Å². The number of alkyl halides is 3. The van der Waals surface area contributed by atoms with E-state index in [0.717, 1.165) is 43.1 Å². The van der Waals surface area contributed by atoms with Gasteiger partial charge >= 0.3 is 6.36 Å². The highest BCUT2D eigenvalue weighted by Crippen LogP contribution is 2.32. The quantitative estimate of drug-likeness (QED) is 0.676. The van der Waals surface area contributed by atoms with Crippen LogP contribution in [0.1, 0.15) is 17.2 Å². The van der Waals surface area contributed by atoms with Gasteiger partial charge in [-0.05, 0) is 55.0 Å². The maximum absolute atomic E-state index is 12.5. The van der Waals surface area contributed by atoms with Gasteiger partial charge in [-0.1, -0.05) is 24.3 Å². The van der Waals surface area contributed by atoms with Gasteiger partial charge in [-0.3, -0.25) is 4.90 Å². The number of halogens is 3. The molecule has 158 valence electrons. The average Bonchev–Trinajstić information content (AvgIpc) is 2.63. The molecule has 0 saturated carbocycles. The molecule has 0 amide bonds. The molecule has 1 aliphatic rings. The first-order valence-corrected chi connectivity index (χ1v) is 13.1. The monoisotopic (exact) mass is 424 g/mol. The first-order valence-electron chi connectivity index (χ1n) is 9.70. The molecule has 1 aliphatic heterocycles. The smallest absolute Gasteiger partial charge is 0.544 e. The molecule has 0 aromatic heterocycles. The lowest BCUT2D eigenvalue weighted by atomic mass is 9.96. The molecule has 4 nitrogen and oxygen atoms in total. The van der Waals surface area contributed by atoms with Gasteiger partial charge in [0.25, 0.3) is 0 Å². The van der Waals surface area contributed by atoms with Crippen LogP contribution in [-0.4, -0.2) is 45.8 Å². The molecule has 1 N–H and O–H groups in total. The van der Waals surface area contributed by atoms with Gasteiger partial charge in [0.15, 0.2) is 0 Å². The summed E-state index contributed by atoms with van der Waals surface area (Å²) in [4.78, 5) is 2.34. The number of nitrogens with zero attached hydrogens (tertiary/aromatic N) is 1. The average molecular weight is 425 g/mol. The fourth-order valence-corrected chi connectivity index (χ4v) is 4.32. The SMILES string of the molecule is C[Si](C)(C)Oc1ccc([C@@H](c2ccc(OC(F)(F)F)cc2)N2CCNCC2)cc1. The molecule has 2 aromatic rings. The van der Waals surface area contributed by atoms with Gasteiger partial charge < -0.3 is 14.5 Å². The Balaban J connectivity index is 1.87. The van der Waals surface area contributed by atoms with Crippen LogP contribution in [0.15, 0.2) is 48.5 Å². The maximum Gasteiger partial charge on any atom is 0.573 e. The van der Waals surface area contributed by atoms with Crippen LogP contribution in [0.25, 0.3) is 0 Å². The van der Waals surface area contributed by atoms with Crippen LogP contribution >= 0.6 is 0 Å². The van der Waals surface area contributed by atoms with Gasteiger partial charge in [-0.2, -0.15) is 0 Å². The summed E-state index contributed by atoms with van der Waals surface area (Å²) in [6.07, 6.45) is -4.69. The Labute approximate surface area is 170 Å². The number of benzene rings is 2. The fraction of sp³-hybridized carbons (Fsp3) is 0.429. The molecule has 0 radical (unpaired) electrons. The largest absolute Gasteiger partial charge is 0.573 e. The summed E-state index contributed by atoms with van der Waals surface area (Å²) in [5.74, 6) is 0.639. The second kappa shape index (κ2) is 8.77. The summed E-state index contributed by atoms with van der Waals surface area (Å²) >= 11 is 0. The van der Waals surface area contributed by atoms with Crippen LogP contribution in [-0.2, 0) is 0 Å². The van der Waals surface area contributed by atoms with Crippen molar-refractivity contribution in [1.29, 1.82) is 0 Å². The van der Waals surface area contributed by atoms with Crippen LogP contribution in [0.5, 0.6) is 11.5 Å². The zero-order valence-corrected chi connectivity index (χ0v) is 17.9. The fourth-order valence-electron chi connectivity index (χ4n) is 3.48. The van der Waals surface area contributed by atoms with E-state index >= 15 is 0 Å². The summed E-state index contributed by atoms with van der Waals surface area (Å²) in [7, 11) is -1.69. The van der Waals surface area contributed by atoms with E-state index in [-0.39, 0.29) is 11.8 Å². The first-order chi connectivity index (χ1) is 13.6. The van der Waals surface area contributed by atoms with Gasteiger partial charge in [-0.25, -0.2) is 0 Å². The van der Waals surface area contributed by atoms with E-state index in [1.807, 2.05) is 24.3 Å². The van der Waals surface area contributed by atoms with Crippen molar-refractivity contribution in [3.8, 4) is 11.5 Å². The number of nitrogens with one attached hydrogen (secondary N) is 1. The maximum atomic E-state index is 12.5. The Bertz CT molecular complexity index is 724. The molecule has 0 bridgehead atoms. The summed E-state index contributed by atoms with van der Waals surface area (Å²) < 4.78 is 47.5. The standard InChI is InChI=1S/C21H27F3N2O2Si/c1-29(2,3)28-19-10-6-17(7-11-19)20(26-14-12-25-13-15-26)16-4-8-18(9-5-16)27-21(22,23)24/h4-11,20,25H,12-15H2,1-3H3/t20-/m1/s1. The van der Waals surface area contributed by atoms with Gasteiger partial charge in [0, 0.05) is 26.2 Å². The molecule has 3 rings (SSSR count). The molecule has 29 heavy (non-hydrogen) atoms. The normalized spacial score (nSPS) is 17.0. The van der Waals surface area contributed by atoms with Crippen molar-refractivity contribution in [2.24, 2.45) is 0 Å². The number of piperazine rings is 1. The molecule has 8 heteroatoms. The number of hydrogen-bond donors (Lipinski definition) is 1. The highest BCUT2D eigenvalue weighted by atomic mass is 28.4. The van der Waals surface area contributed by atoms with Crippen molar-refractivity contribution >= 4 is 8.32 Å². The van der Waals surface area contributed by atoms with Crippen LogP contribution in [0.3, 0.4) is 0 Å². The summed E-state index contributed by atoms with van der Waals surface area (Å²) in [6.45, 7) is 9.88. The van der Waals surface area contributed by atoms with Crippen LogP contribution in [0.2, 0.25) is 19.6 Å². The third-order valence-corrected chi connectivity index (χ3v) is 5.41. The van der Waals surface area contributed by atoms with Gasteiger partial charge in [0.05, 0.1) is 6.04 Å². The topological polar surface area (TPSA) is 33.7 Å². The number of hydrogen-bond acceptors (Lipinski definition) is 4. The molecule has 1 fully saturated rings. The van der Waals surface area contributed by atoms with Crippen molar-refractivity contribution in [1.82, 2.24) is 10.2 Å². The van der Waals surface area contributed by atoms with Gasteiger partial charge in [0.2, 0.25) is 8.32 Å². The van der Waals surface area contributed by atoms with Crippen LogP contribution in [0, 0.1) is 0 Å². The Morgan fingerprint density at radius 1 is 0.862 bits per heavy atom. The predicted molar refractivity (Wildman–Crippen MR) is 110 cm³/mol. The van der Waals surface area contributed by atoms with E-state index in [4.69, 9.17) is 4.43 Å². The molecular weight excluding hydrogens is 397 g/mol. The van der Waals surface area contributed by atoms with Crippen LogP contribution in [0.4, 0.5) is 13.2 Å². The summed E-state index contributed by atoms with van der Waals surface area (Å²) in [6, 6.07) is 14.2.